The average Bonchev–Trinajstić information content (AvgIpc) is 3.24. The standard InChI is InChI=1S/C27H30N2O2/c1-17(2)25-16-23(25)15-22-14-21(10-11-24(22)20-8-6-5-7-9-20)27-29(12-13-30-27)26-18(3)19(4)28-31-26/h5-14,17,23,25,27H,15-16H2,1-4H3/t23-,25+,27?/m1/s1. The lowest BCUT2D eigenvalue weighted by Gasteiger charge is -2.23. The van der Waals surface area contributed by atoms with Gasteiger partial charge >= 0.3 is 0 Å². The first kappa shape index (κ1) is 19.9. The zero-order chi connectivity index (χ0) is 21.5. The fraction of sp³-hybridized carbons (Fsp3) is 0.370. The second-order valence-electron chi connectivity index (χ2n) is 9.27. The molecule has 4 heteroatoms. The van der Waals surface area contributed by atoms with Gasteiger partial charge in [-0.1, -0.05) is 61.5 Å². The van der Waals surface area contributed by atoms with E-state index in [-0.39, 0.29) is 6.23 Å². The molecule has 3 aromatic rings. The van der Waals surface area contributed by atoms with Crippen molar-refractivity contribution in [1.82, 2.24) is 5.16 Å². The summed E-state index contributed by atoms with van der Waals surface area (Å²) >= 11 is 0. The van der Waals surface area contributed by atoms with Gasteiger partial charge in [0.1, 0.15) is 6.26 Å². The number of anilines is 1. The van der Waals surface area contributed by atoms with Crippen molar-refractivity contribution < 1.29 is 9.26 Å². The minimum atomic E-state index is -0.241. The van der Waals surface area contributed by atoms with Crippen LogP contribution in [-0.2, 0) is 11.2 Å². The number of rotatable bonds is 6. The molecule has 1 aliphatic carbocycles. The lowest BCUT2D eigenvalue weighted by atomic mass is 9.92. The third kappa shape index (κ3) is 3.76. The van der Waals surface area contributed by atoms with E-state index in [1.807, 2.05) is 24.9 Å². The first-order valence-electron chi connectivity index (χ1n) is 11.2. The van der Waals surface area contributed by atoms with Gasteiger partial charge in [-0.25, -0.2) is 0 Å². The van der Waals surface area contributed by atoms with Crippen LogP contribution in [0.25, 0.3) is 11.1 Å². The second kappa shape index (κ2) is 7.92. The Morgan fingerprint density at radius 3 is 2.58 bits per heavy atom. The molecule has 2 heterocycles. The van der Waals surface area contributed by atoms with Crippen LogP contribution < -0.4 is 4.90 Å². The summed E-state index contributed by atoms with van der Waals surface area (Å²) in [4.78, 5) is 2.03. The molecule has 2 aliphatic rings. The monoisotopic (exact) mass is 414 g/mol. The fourth-order valence-electron chi connectivity index (χ4n) is 4.82. The van der Waals surface area contributed by atoms with Crippen LogP contribution >= 0.6 is 0 Å². The summed E-state index contributed by atoms with van der Waals surface area (Å²) in [5.74, 6) is 3.11. The maximum absolute atomic E-state index is 6.01. The van der Waals surface area contributed by atoms with Gasteiger partial charge in [-0.3, -0.25) is 4.90 Å². The van der Waals surface area contributed by atoms with Crippen LogP contribution in [0.4, 0.5) is 5.88 Å². The lowest BCUT2D eigenvalue weighted by Crippen LogP contribution is -2.20. The Morgan fingerprint density at radius 2 is 1.90 bits per heavy atom. The molecule has 2 aromatic carbocycles. The number of aryl methyl sites for hydroxylation is 1. The van der Waals surface area contributed by atoms with E-state index in [1.54, 1.807) is 6.26 Å². The van der Waals surface area contributed by atoms with Gasteiger partial charge < -0.3 is 9.26 Å². The second-order valence-corrected chi connectivity index (χ2v) is 9.27. The predicted molar refractivity (Wildman–Crippen MR) is 123 cm³/mol. The molecule has 1 unspecified atom stereocenters. The Bertz CT molecular complexity index is 1100. The molecule has 1 saturated carbocycles. The minimum Gasteiger partial charge on any atom is -0.472 e. The van der Waals surface area contributed by atoms with Gasteiger partial charge in [0.15, 0.2) is 0 Å². The summed E-state index contributed by atoms with van der Waals surface area (Å²) < 4.78 is 11.6. The van der Waals surface area contributed by atoms with Gasteiger partial charge in [-0.05, 0) is 67.2 Å². The van der Waals surface area contributed by atoms with E-state index in [9.17, 15) is 0 Å². The third-order valence-corrected chi connectivity index (χ3v) is 6.86. The molecule has 0 N–H and O–H groups in total. The van der Waals surface area contributed by atoms with Crippen LogP contribution in [0, 0.1) is 31.6 Å². The summed E-state index contributed by atoms with van der Waals surface area (Å²) in [7, 11) is 0. The number of aromatic nitrogens is 1. The van der Waals surface area contributed by atoms with E-state index in [2.05, 4.69) is 67.5 Å². The summed E-state index contributed by atoms with van der Waals surface area (Å²) in [6.45, 7) is 8.69. The Kier molecular flexibility index (Phi) is 5.09. The zero-order valence-electron chi connectivity index (χ0n) is 18.7. The van der Waals surface area contributed by atoms with Crippen molar-refractivity contribution in [3.8, 4) is 11.1 Å². The highest BCUT2D eigenvalue weighted by atomic mass is 16.5. The van der Waals surface area contributed by atoms with Gasteiger partial charge in [-0.15, -0.1) is 0 Å². The highest BCUT2D eigenvalue weighted by Crippen LogP contribution is 2.47. The van der Waals surface area contributed by atoms with E-state index < -0.39 is 0 Å². The molecular weight excluding hydrogens is 384 g/mol. The molecule has 0 bridgehead atoms. The quantitative estimate of drug-likeness (QED) is 0.445. The van der Waals surface area contributed by atoms with Gasteiger partial charge in [0, 0.05) is 17.3 Å². The maximum Gasteiger partial charge on any atom is 0.237 e. The zero-order valence-corrected chi connectivity index (χ0v) is 18.7. The first-order chi connectivity index (χ1) is 15.0. The molecule has 3 atom stereocenters. The molecule has 0 amide bonds. The molecule has 0 spiro atoms. The normalized spacial score (nSPS) is 22.2. The van der Waals surface area contributed by atoms with E-state index in [0.717, 1.165) is 46.9 Å². The molecule has 5 rings (SSSR count). The Hall–Kier alpha value is -3.01. The maximum atomic E-state index is 6.01. The van der Waals surface area contributed by atoms with E-state index in [0.29, 0.717) is 0 Å². The van der Waals surface area contributed by atoms with Crippen LogP contribution in [0.3, 0.4) is 0 Å². The van der Waals surface area contributed by atoms with Gasteiger partial charge in [0.25, 0.3) is 0 Å². The molecule has 0 radical (unpaired) electrons. The largest absolute Gasteiger partial charge is 0.472 e. The highest BCUT2D eigenvalue weighted by molar-refractivity contribution is 5.68. The van der Waals surface area contributed by atoms with Gasteiger partial charge in [-0.2, -0.15) is 0 Å². The minimum absolute atomic E-state index is 0.241. The molecular formula is C27H30N2O2. The number of benzene rings is 2. The van der Waals surface area contributed by atoms with E-state index in [1.165, 1.54) is 23.1 Å². The van der Waals surface area contributed by atoms with Crippen molar-refractivity contribution in [3.05, 3.63) is 83.4 Å². The molecule has 1 aliphatic heterocycles. The SMILES string of the molecule is Cc1noc(N2C=COC2c2ccc(-c3ccccc3)c(C[C@@H]3C[C@H]3C(C)C)c2)c1C. The van der Waals surface area contributed by atoms with Crippen molar-refractivity contribution in [2.24, 2.45) is 17.8 Å². The Labute approximate surface area is 184 Å². The molecule has 31 heavy (non-hydrogen) atoms. The van der Waals surface area contributed by atoms with Gasteiger partial charge in [0.05, 0.1) is 5.69 Å². The summed E-state index contributed by atoms with van der Waals surface area (Å²) in [6, 6.07) is 17.5. The summed E-state index contributed by atoms with van der Waals surface area (Å²) in [5.41, 5.74) is 7.08. The topological polar surface area (TPSA) is 38.5 Å². The molecule has 1 aromatic heterocycles. The third-order valence-electron chi connectivity index (χ3n) is 6.86. The van der Waals surface area contributed by atoms with Crippen LogP contribution in [0.5, 0.6) is 0 Å². The van der Waals surface area contributed by atoms with Crippen LogP contribution in [0.2, 0.25) is 0 Å². The summed E-state index contributed by atoms with van der Waals surface area (Å²) in [5, 5.41) is 4.13. The Balaban J connectivity index is 1.49. The fourth-order valence-corrected chi connectivity index (χ4v) is 4.82. The predicted octanol–water partition coefficient (Wildman–Crippen LogP) is 6.80. The highest BCUT2D eigenvalue weighted by Gasteiger charge is 2.39. The van der Waals surface area contributed by atoms with Crippen molar-refractivity contribution in [2.75, 3.05) is 4.90 Å². The summed E-state index contributed by atoms with van der Waals surface area (Å²) in [6.07, 6.45) is 5.87. The van der Waals surface area contributed by atoms with Crippen LogP contribution in [0.15, 0.2) is 65.5 Å². The van der Waals surface area contributed by atoms with Crippen molar-refractivity contribution in [1.29, 1.82) is 0 Å². The number of hydrogen-bond acceptors (Lipinski definition) is 4. The molecule has 160 valence electrons. The van der Waals surface area contributed by atoms with Crippen LogP contribution in [-0.4, -0.2) is 5.16 Å². The van der Waals surface area contributed by atoms with Crippen molar-refractivity contribution in [3.63, 3.8) is 0 Å². The number of nitrogens with zero attached hydrogens (tertiary/aromatic N) is 2. The number of ether oxygens (including phenoxy) is 1. The van der Waals surface area contributed by atoms with Gasteiger partial charge in [0.2, 0.25) is 12.1 Å². The smallest absolute Gasteiger partial charge is 0.237 e. The average molecular weight is 415 g/mol. The van der Waals surface area contributed by atoms with Crippen LogP contribution in [0.1, 0.15) is 48.9 Å². The molecule has 1 fully saturated rings. The Morgan fingerprint density at radius 1 is 1.10 bits per heavy atom. The van der Waals surface area contributed by atoms with E-state index in [4.69, 9.17) is 9.26 Å². The lowest BCUT2D eigenvalue weighted by molar-refractivity contribution is 0.169. The van der Waals surface area contributed by atoms with Crippen molar-refractivity contribution >= 4 is 5.88 Å². The molecule has 0 saturated heterocycles. The van der Waals surface area contributed by atoms with Crippen molar-refractivity contribution in [2.45, 2.75) is 46.8 Å². The molecule has 4 nitrogen and oxygen atoms in total. The number of hydrogen-bond donors (Lipinski definition) is 0. The first-order valence-corrected chi connectivity index (χ1v) is 11.2. The van der Waals surface area contributed by atoms with E-state index >= 15 is 0 Å².